The van der Waals surface area contributed by atoms with Crippen LogP contribution < -0.4 is 0 Å². The van der Waals surface area contributed by atoms with E-state index in [0.717, 1.165) is 52.1 Å². The molecule has 0 saturated carbocycles. The lowest BCUT2D eigenvalue weighted by Gasteiger charge is -2.06. The monoisotopic (exact) mass is 582 g/mol. The van der Waals surface area contributed by atoms with Gasteiger partial charge in [0.2, 0.25) is 0 Å². The van der Waals surface area contributed by atoms with Gasteiger partial charge < -0.3 is 38.6 Å². The normalized spacial score (nSPS) is 10.4. The highest BCUT2D eigenvalue weighted by Crippen LogP contribution is 1.98. The van der Waals surface area contributed by atoms with Gasteiger partial charge in [-0.2, -0.15) is 0 Å². The van der Waals surface area contributed by atoms with Gasteiger partial charge in [-0.15, -0.1) is 0 Å². The molecule has 0 bridgehead atoms. The molecule has 0 aliphatic heterocycles. The van der Waals surface area contributed by atoms with Crippen LogP contribution >= 0.6 is 0 Å². The third-order valence-electron chi connectivity index (χ3n) is 5.09. The van der Waals surface area contributed by atoms with Crippen molar-refractivity contribution in [2.24, 2.45) is 0 Å². The molecule has 0 aliphatic rings. The van der Waals surface area contributed by atoms with Crippen molar-refractivity contribution < 1.29 is 48.2 Å². The number of unbranched alkanes of at least 4 members (excludes halogenated alkanes) is 5. The number of ether oxygens (including phenoxy) is 6. The Morgan fingerprint density at radius 2 is 0.575 bits per heavy atom. The van der Waals surface area contributed by atoms with Crippen molar-refractivity contribution in [3.63, 3.8) is 0 Å². The summed E-state index contributed by atoms with van der Waals surface area (Å²) in [7, 11) is 0. The van der Waals surface area contributed by atoms with Gasteiger partial charge in [-0.3, -0.25) is 9.59 Å². The van der Waals surface area contributed by atoms with Crippen LogP contribution in [-0.4, -0.2) is 101 Å². The van der Waals surface area contributed by atoms with Gasteiger partial charge in [-0.25, -0.2) is 0 Å². The minimum atomic E-state index is -0.870. The first-order chi connectivity index (χ1) is 19.5. The summed E-state index contributed by atoms with van der Waals surface area (Å²) in [6.45, 7) is 17.6. The molecule has 0 aliphatic carbocycles. The van der Waals surface area contributed by atoms with Crippen LogP contribution in [0.25, 0.3) is 0 Å². The van der Waals surface area contributed by atoms with Crippen LogP contribution in [0, 0.1) is 0 Å². The number of rotatable bonds is 29. The van der Waals surface area contributed by atoms with Gasteiger partial charge >= 0.3 is 11.9 Å². The predicted molar refractivity (Wildman–Crippen MR) is 158 cm³/mol. The molecule has 10 nitrogen and oxygen atoms in total. The Bertz CT molecular complexity index is 411. The second kappa shape index (κ2) is 42.2. The fourth-order valence-electron chi connectivity index (χ4n) is 2.62. The van der Waals surface area contributed by atoms with Crippen LogP contribution in [-0.2, 0) is 38.0 Å². The molecule has 242 valence electrons. The van der Waals surface area contributed by atoms with E-state index in [-0.39, 0.29) is 12.8 Å². The lowest BCUT2D eigenvalue weighted by molar-refractivity contribution is -0.139. The average Bonchev–Trinajstić information content (AvgIpc) is 2.93. The molecule has 0 unspecified atom stereocenters. The SMILES string of the molecule is CCCCOCCOCCOCCCC.CCCCOCCOCCOCCCC.O=C(O)CCCCC(=O)O. The standard InChI is InChI=1S/2C12H26O3.C6H10O4/c2*1-3-5-7-13-9-11-15-12-10-14-8-6-4-2;7-5(8)3-1-2-4-6(9)10/h2*3-12H2,1-2H3;1-4H2,(H,7,8)(H,9,10). The van der Waals surface area contributed by atoms with Crippen LogP contribution in [0.15, 0.2) is 0 Å². The van der Waals surface area contributed by atoms with Gasteiger partial charge in [-0.05, 0) is 38.5 Å². The van der Waals surface area contributed by atoms with E-state index in [4.69, 9.17) is 38.6 Å². The molecule has 0 atom stereocenters. The molecule has 0 radical (unpaired) electrons. The number of carbonyl (C=O) groups is 2. The van der Waals surface area contributed by atoms with Crippen LogP contribution in [0.2, 0.25) is 0 Å². The largest absolute Gasteiger partial charge is 0.481 e. The Morgan fingerprint density at radius 3 is 0.750 bits per heavy atom. The minimum absolute atomic E-state index is 0.0628. The first-order valence-electron chi connectivity index (χ1n) is 15.4. The Labute approximate surface area is 244 Å². The molecular formula is C30H62O10. The predicted octanol–water partition coefficient (Wildman–Crippen LogP) is 5.99. The highest BCUT2D eigenvalue weighted by Gasteiger charge is 1.99. The number of aliphatic carboxylic acids is 2. The average molecular weight is 583 g/mol. The van der Waals surface area contributed by atoms with E-state index in [0.29, 0.717) is 65.7 Å². The van der Waals surface area contributed by atoms with E-state index in [9.17, 15) is 9.59 Å². The second-order valence-electron chi connectivity index (χ2n) is 9.08. The second-order valence-corrected chi connectivity index (χ2v) is 9.08. The first kappa shape index (κ1) is 43.2. The highest BCUT2D eigenvalue weighted by atomic mass is 16.5. The summed E-state index contributed by atoms with van der Waals surface area (Å²) >= 11 is 0. The molecule has 0 aromatic heterocycles. The van der Waals surface area contributed by atoms with Crippen molar-refractivity contribution in [2.75, 3.05) is 79.3 Å². The molecule has 0 saturated heterocycles. The molecule has 0 aromatic rings. The topological polar surface area (TPSA) is 130 Å². The lowest BCUT2D eigenvalue weighted by atomic mass is 10.2. The Hall–Kier alpha value is -1.30. The van der Waals surface area contributed by atoms with E-state index in [1.807, 2.05) is 0 Å². The molecule has 10 heteroatoms. The van der Waals surface area contributed by atoms with Gasteiger partial charge in [0, 0.05) is 39.3 Å². The molecular weight excluding hydrogens is 520 g/mol. The third-order valence-corrected chi connectivity index (χ3v) is 5.09. The molecule has 0 fully saturated rings. The summed E-state index contributed by atoms with van der Waals surface area (Å²) in [6.07, 6.45) is 10.3. The van der Waals surface area contributed by atoms with Crippen molar-refractivity contribution in [1.82, 2.24) is 0 Å². The molecule has 0 spiro atoms. The zero-order valence-corrected chi connectivity index (χ0v) is 26.1. The lowest BCUT2D eigenvalue weighted by Crippen LogP contribution is -2.10. The maximum Gasteiger partial charge on any atom is 0.303 e. The van der Waals surface area contributed by atoms with Crippen molar-refractivity contribution in [1.29, 1.82) is 0 Å². The van der Waals surface area contributed by atoms with Crippen molar-refractivity contribution >= 4 is 11.9 Å². The van der Waals surface area contributed by atoms with E-state index >= 15 is 0 Å². The van der Waals surface area contributed by atoms with Crippen molar-refractivity contribution in [2.45, 2.75) is 105 Å². The highest BCUT2D eigenvalue weighted by molar-refractivity contribution is 5.67. The molecule has 0 heterocycles. The molecule has 0 amide bonds. The van der Waals surface area contributed by atoms with Crippen LogP contribution in [0.1, 0.15) is 105 Å². The molecule has 0 aromatic carbocycles. The van der Waals surface area contributed by atoms with Crippen molar-refractivity contribution in [3.05, 3.63) is 0 Å². The fraction of sp³-hybridized carbons (Fsp3) is 0.933. The Morgan fingerprint density at radius 1 is 0.375 bits per heavy atom. The summed E-state index contributed by atoms with van der Waals surface area (Å²) in [5, 5.41) is 16.3. The van der Waals surface area contributed by atoms with E-state index in [1.165, 1.54) is 25.7 Å². The number of carboxylic acid groups (broad SMARTS) is 2. The first-order valence-corrected chi connectivity index (χ1v) is 15.4. The van der Waals surface area contributed by atoms with E-state index < -0.39 is 11.9 Å². The number of hydrogen-bond acceptors (Lipinski definition) is 8. The number of hydrogen-bond donors (Lipinski definition) is 2. The summed E-state index contributed by atoms with van der Waals surface area (Å²) in [4.78, 5) is 19.8. The maximum absolute atomic E-state index is 9.90. The van der Waals surface area contributed by atoms with Crippen molar-refractivity contribution in [3.8, 4) is 0 Å². The summed E-state index contributed by atoms with van der Waals surface area (Å²) in [6, 6.07) is 0. The van der Waals surface area contributed by atoms with E-state index in [2.05, 4.69) is 27.7 Å². The zero-order chi connectivity index (χ0) is 30.4. The molecule has 2 N–H and O–H groups in total. The quantitative estimate of drug-likeness (QED) is 0.101. The molecule has 40 heavy (non-hydrogen) atoms. The zero-order valence-electron chi connectivity index (χ0n) is 26.1. The van der Waals surface area contributed by atoms with E-state index in [1.54, 1.807) is 0 Å². The summed E-state index contributed by atoms with van der Waals surface area (Å²) in [5.41, 5.74) is 0. The van der Waals surface area contributed by atoms with Gasteiger partial charge in [0.25, 0.3) is 0 Å². The van der Waals surface area contributed by atoms with Crippen LogP contribution in [0.3, 0.4) is 0 Å². The fourth-order valence-corrected chi connectivity index (χ4v) is 2.62. The smallest absolute Gasteiger partial charge is 0.303 e. The summed E-state index contributed by atoms with van der Waals surface area (Å²) < 4.78 is 32.1. The van der Waals surface area contributed by atoms with Gasteiger partial charge in [0.1, 0.15) is 0 Å². The molecule has 0 rings (SSSR count). The maximum atomic E-state index is 9.90. The minimum Gasteiger partial charge on any atom is -0.481 e. The van der Waals surface area contributed by atoms with Gasteiger partial charge in [-0.1, -0.05) is 53.4 Å². The van der Waals surface area contributed by atoms with Gasteiger partial charge in [0.15, 0.2) is 0 Å². The number of carboxylic acids is 2. The van der Waals surface area contributed by atoms with Crippen LogP contribution in [0.4, 0.5) is 0 Å². The summed E-state index contributed by atoms with van der Waals surface area (Å²) in [5.74, 6) is -1.74. The van der Waals surface area contributed by atoms with Gasteiger partial charge in [0.05, 0.1) is 52.9 Å². The Balaban J connectivity index is -0.000000525. The third kappa shape index (κ3) is 53.0. The van der Waals surface area contributed by atoms with Crippen LogP contribution in [0.5, 0.6) is 0 Å². The Kier molecular flexibility index (Phi) is 45.5.